The SMILES string of the molecule is Cc1cnc(C(=O)N2CC[C@@]3(CC(C(=O)NCc4ccc(F)cc4)=NO3)C2)cn1. The summed E-state index contributed by atoms with van der Waals surface area (Å²) >= 11 is 0. The Bertz CT molecular complexity index is 961. The predicted octanol–water partition coefficient (Wildman–Crippen LogP) is 1.60. The quantitative estimate of drug-likeness (QED) is 0.845. The fraction of sp³-hybridized carbons (Fsp3) is 0.350. The van der Waals surface area contributed by atoms with Crippen LogP contribution >= 0.6 is 0 Å². The smallest absolute Gasteiger partial charge is 0.274 e. The van der Waals surface area contributed by atoms with Crippen molar-refractivity contribution in [2.45, 2.75) is 31.9 Å². The molecule has 1 atom stereocenters. The van der Waals surface area contributed by atoms with Crippen LogP contribution in [0.5, 0.6) is 0 Å². The van der Waals surface area contributed by atoms with Crippen molar-refractivity contribution in [3.05, 3.63) is 59.4 Å². The van der Waals surface area contributed by atoms with Gasteiger partial charge in [0.05, 0.1) is 18.4 Å². The van der Waals surface area contributed by atoms with Gasteiger partial charge in [-0.1, -0.05) is 17.3 Å². The second kappa shape index (κ2) is 7.57. The number of carbonyl (C=O) groups excluding carboxylic acids is 2. The molecule has 2 aliphatic heterocycles. The lowest BCUT2D eigenvalue weighted by Crippen LogP contribution is -2.38. The zero-order valence-corrected chi connectivity index (χ0v) is 15.9. The third kappa shape index (κ3) is 4.08. The molecule has 29 heavy (non-hydrogen) atoms. The first-order valence-electron chi connectivity index (χ1n) is 9.30. The van der Waals surface area contributed by atoms with E-state index in [0.717, 1.165) is 11.3 Å². The Morgan fingerprint density at radius 2 is 2.03 bits per heavy atom. The summed E-state index contributed by atoms with van der Waals surface area (Å²) in [5, 5.41) is 6.71. The Morgan fingerprint density at radius 3 is 2.76 bits per heavy atom. The molecule has 2 aromatic rings. The van der Waals surface area contributed by atoms with E-state index in [0.29, 0.717) is 25.9 Å². The first-order chi connectivity index (χ1) is 13.9. The summed E-state index contributed by atoms with van der Waals surface area (Å²) in [4.78, 5) is 40.5. The number of nitrogens with zero attached hydrogens (tertiary/aromatic N) is 4. The van der Waals surface area contributed by atoms with Crippen LogP contribution < -0.4 is 5.32 Å². The number of amides is 2. The molecular formula is C20H20FN5O3. The van der Waals surface area contributed by atoms with E-state index in [1.54, 1.807) is 30.2 Å². The third-order valence-electron chi connectivity index (χ3n) is 5.07. The Kier molecular flexibility index (Phi) is 4.96. The van der Waals surface area contributed by atoms with Crippen molar-refractivity contribution in [3.8, 4) is 0 Å². The van der Waals surface area contributed by atoms with Crippen molar-refractivity contribution in [3.63, 3.8) is 0 Å². The van der Waals surface area contributed by atoms with E-state index >= 15 is 0 Å². The van der Waals surface area contributed by atoms with Crippen molar-refractivity contribution < 1.29 is 18.8 Å². The molecule has 0 saturated carbocycles. The predicted molar refractivity (Wildman–Crippen MR) is 101 cm³/mol. The molecule has 1 aromatic heterocycles. The van der Waals surface area contributed by atoms with Crippen LogP contribution in [0.25, 0.3) is 0 Å². The summed E-state index contributed by atoms with van der Waals surface area (Å²) in [5.41, 5.74) is 1.41. The number of carbonyl (C=O) groups is 2. The maximum Gasteiger partial charge on any atom is 0.274 e. The molecule has 1 aromatic carbocycles. The van der Waals surface area contributed by atoms with Crippen LogP contribution in [0.4, 0.5) is 4.39 Å². The summed E-state index contributed by atoms with van der Waals surface area (Å²) in [5.74, 6) is -0.875. The van der Waals surface area contributed by atoms with E-state index in [-0.39, 0.29) is 35.6 Å². The molecule has 3 heterocycles. The molecule has 0 radical (unpaired) electrons. The van der Waals surface area contributed by atoms with Gasteiger partial charge in [-0.05, 0) is 24.6 Å². The van der Waals surface area contributed by atoms with Crippen molar-refractivity contribution >= 4 is 17.5 Å². The highest BCUT2D eigenvalue weighted by Gasteiger charge is 2.48. The fourth-order valence-corrected chi connectivity index (χ4v) is 3.43. The summed E-state index contributed by atoms with van der Waals surface area (Å²) in [6.45, 7) is 2.90. The van der Waals surface area contributed by atoms with E-state index in [4.69, 9.17) is 4.84 Å². The zero-order chi connectivity index (χ0) is 20.4. The zero-order valence-electron chi connectivity index (χ0n) is 15.9. The molecule has 0 bridgehead atoms. The Hall–Kier alpha value is -3.36. The van der Waals surface area contributed by atoms with E-state index in [1.807, 2.05) is 0 Å². The van der Waals surface area contributed by atoms with Gasteiger partial charge in [0, 0.05) is 32.1 Å². The van der Waals surface area contributed by atoms with Crippen molar-refractivity contribution in [2.75, 3.05) is 13.1 Å². The number of aromatic nitrogens is 2. The number of benzene rings is 1. The van der Waals surface area contributed by atoms with Gasteiger partial charge in [0.2, 0.25) is 0 Å². The number of hydrogen-bond donors (Lipinski definition) is 1. The van der Waals surface area contributed by atoms with Crippen molar-refractivity contribution in [1.29, 1.82) is 0 Å². The normalized spacial score (nSPS) is 20.5. The van der Waals surface area contributed by atoms with Crippen LogP contribution in [0.3, 0.4) is 0 Å². The van der Waals surface area contributed by atoms with Gasteiger partial charge in [0.15, 0.2) is 5.60 Å². The van der Waals surface area contributed by atoms with Gasteiger partial charge < -0.3 is 15.1 Å². The first kappa shape index (κ1) is 19.0. The van der Waals surface area contributed by atoms with E-state index < -0.39 is 5.60 Å². The van der Waals surface area contributed by atoms with Gasteiger partial charge in [-0.2, -0.15) is 0 Å². The van der Waals surface area contributed by atoms with E-state index in [9.17, 15) is 14.0 Å². The van der Waals surface area contributed by atoms with Crippen LogP contribution in [-0.2, 0) is 16.2 Å². The van der Waals surface area contributed by atoms with Crippen LogP contribution in [0.2, 0.25) is 0 Å². The molecule has 0 aliphatic carbocycles. The van der Waals surface area contributed by atoms with Gasteiger partial charge in [0.25, 0.3) is 11.8 Å². The third-order valence-corrected chi connectivity index (χ3v) is 5.07. The van der Waals surface area contributed by atoms with E-state index in [2.05, 4.69) is 20.4 Å². The fourth-order valence-electron chi connectivity index (χ4n) is 3.43. The molecule has 8 nitrogen and oxygen atoms in total. The summed E-state index contributed by atoms with van der Waals surface area (Å²) in [7, 11) is 0. The number of aryl methyl sites for hydroxylation is 1. The lowest BCUT2D eigenvalue weighted by atomic mass is 9.96. The van der Waals surface area contributed by atoms with Gasteiger partial charge in [-0.3, -0.25) is 14.6 Å². The maximum atomic E-state index is 13.0. The summed E-state index contributed by atoms with van der Waals surface area (Å²) < 4.78 is 13.0. The number of halogens is 1. The number of oxime groups is 1. The van der Waals surface area contributed by atoms with E-state index in [1.165, 1.54) is 18.3 Å². The van der Waals surface area contributed by atoms with Gasteiger partial charge in [-0.15, -0.1) is 0 Å². The topological polar surface area (TPSA) is 96.8 Å². The molecule has 1 spiro atoms. The highest BCUT2D eigenvalue weighted by atomic mass is 19.1. The average Bonchev–Trinajstić information content (AvgIpc) is 3.34. The largest absolute Gasteiger partial charge is 0.386 e. The van der Waals surface area contributed by atoms with Crippen LogP contribution in [0, 0.1) is 12.7 Å². The van der Waals surface area contributed by atoms with Crippen molar-refractivity contribution in [1.82, 2.24) is 20.2 Å². The lowest BCUT2D eigenvalue weighted by Gasteiger charge is -2.21. The molecule has 1 fully saturated rings. The van der Waals surface area contributed by atoms with Gasteiger partial charge in [0.1, 0.15) is 17.2 Å². The van der Waals surface area contributed by atoms with Crippen LogP contribution in [0.15, 0.2) is 41.8 Å². The highest BCUT2D eigenvalue weighted by Crippen LogP contribution is 2.34. The Labute approximate surface area is 166 Å². The molecule has 4 rings (SSSR count). The number of nitrogens with one attached hydrogen (secondary N) is 1. The number of rotatable bonds is 4. The van der Waals surface area contributed by atoms with Crippen LogP contribution in [0.1, 0.15) is 34.6 Å². The minimum Gasteiger partial charge on any atom is -0.386 e. The second-order valence-corrected chi connectivity index (χ2v) is 7.32. The second-order valence-electron chi connectivity index (χ2n) is 7.32. The molecule has 1 saturated heterocycles. The van der Waals surface area contributed by atoms with Gasteiger partial charge >= 0.3 is 0 Å². The minimum atomic E-state index is -0.684. The lowest BCUT2D eigenvalue weighted by molar-refractivity contribution is -0.115. The number of likely N-dealkylation sites (tertiary alicyclic amines) is 1. The van der Waals surface area contributed by atoms with Crippen molar-refractivity contribution in [2.24, 2.45) is 5.16 Å². The Morgan fingerprint density at radius 1 is 1.24 bits per heavy atom. The minimum absolute atomic E-state index is 0.216. The molecule has 2 aliphatic rings. The molecule has 2 amide bonds. The summed E-state index contributed by atoms with van der Waals surface area (Å²) in [6.07, 6.45) is 3.92. The first-order valence-corrected chi connectivity index (χ1v) is 9.30. The van der Waals surface area contributed by atoms with Gasteiger partial charge in [-0.25, -0.2) is 9.37 Å². The standard InChI is InChI=1S/C20H20FN5O3/c1-13-9-23-17(11-22-13)19(28)26-7-6-20(12-26)8-16(25-29-20)18(27)24-10-14-2-4-15(21)5-3-14/h2-5,9,11H,6-8,10,12H2,1H3,(H,24,27)/t20-/m1/s1. The van der Waals surface area contributed by atoms with Crippen LogP contribution in [-0.4, -0.2) is 51.1 Å². The average molecular weight is 397 g/mol. The molecule has 0 unspecified atom stereocenters. The molecule has 1 N–H and O–H groups in total. The number of hydrogen-bond acceptors (Lipinski definition) is 6. The Balaban J connectivity index is 1.32. The summed E-state index contributed by atoms with van der Waals surface area (Å²) in [6, 6.07) is 5.90. The molecular weight excluding hydrogens is 377 g/mol. The highest BCUT2D eigenvalue weighted by molar-refractivity contribution is 6.39. The maximum absolute atomic E-state index is 13.0. The molecule has 150 valence electrons. The monoisotopic (exact) mass is 397 g/mol. The molecule has 9 heteroatoms.